The topological polar surface area (TPSA) is 57.6 Å². The summed E-state index contributed by atoms with van der Waals surface area (Å²) in [5, 5.41) is 9.12. The summed E-state index contributed by atoms with van der Waals surface area (Å²) in [5.74, 6) is -0.637. The van der Waals surface area contributed by atoms with E-state index in [1.54, 1.807) is 0 Å². The highest BCUT2D eigenvalue weighted by atomic mass is 16.4. The normalized spacial score (nSPS) is 22.2. The van der Waals surface area contributed by atoms with Crippen LogP contribution in [0.3, 0.4) is 0 Å². The van der Waals surface area contributed by atoms with Crippen LogP contribution in [0.4, 0.5) is 0 Å². The number of amides is 1. The Morgan fingerprint density at radius 3 is 2.52 bits per heavy atom. The second-order valence-corrected chi connectivity index (χ2v) is 7.27. The molecular formula is C19H25NO3. The first-order valence-electron chi connectivity index (χ1n) is 8.48. The summed E-state index contributed by atoms with van der Waals surface area (Å²) < 4.78 is 0. The Morgan fingerprint density at radius 2 is 1.96 bits per heavy atom. The van der Waals surface area contributed by atoms with Crippen LogP contribution in [0.2, 0.25) is 0 Å². The fraction of sp³-hybridized carbons (Fsp3) is 0.579. The van der Waals surface area contributed by atoms with Crippen LogP contribution in [0.15, 0.2) is 18.2 Å². The minimum absolute atomic E-state index is 0.00381. The van der Waals surface area contributed by atoms with Crippen LogP contribution in [0.5, 0.6) is 0 Å². The molecule has 4 heteroatoms. The van der Waals surface area contributed by atoms with Crippen LogP contribution in [0, 0.1) is 25.2 Å². The number of carboxylic acid groups (broad SMARTS) is 1. The fourth-order valence-electron chi connectivity index (χ4n) is 3.98. The molecule has 1 aromatic rings. The van der Waals surface area contributed by atoms with Gasteiger partial charge in [0.05, 0.1) is 5.92 Å². The van der Waals surface area contributed by atoms with Gasteiger partial charge in [0.2, 0.25) is 5.91 Å². The van der Waals surface area contributed by atoms with Crippen LogP contribution in [-0.4, -0.2) is 35.0 Å². The van der Waals surface area contributed by atoms with E-state index < -0.39 is 5.97 Å². The Bertz CT molecular complexity index is 630. The number of carbonyl (C=O) groups is 2. The molecule has 1 N–H and O–H groups in total. The molecule has 1 saturated carbocycles. The van der Waals surface area contributed by atoms with Gasteiger partial charge in [0.15, 0.2) is 0 Å². The SMILES string of the molecule is Cc1ccc(CCC(=O)N2CCC3(CC2)CC3C(=O)O)c(C)c1. The highest BCUT2D eigenvalue weighted by Crippen LogP contribution is 2.59. The minimum atomic E-state index is -0.667. The lowest BCUT2D eigenvalue weighted by Crippen LogP contribution is -2.40. The van der Waals surface area contributed by atoms with Crippen molar-refractivity contribution in [1.82, 2.24) is 4.90 Å². The van der Waals surface area contributed by atoms with Crippen LogP contribution < -0.4 is 0 Å². The van der Waals surface area contributed by atoms with Gasteiger partial charge in [-0.15, -0.1) is 0 Å². The zero-order valence-electron chi connectivity index (χ0n) is 14.0. The van der Waals surface area contributed by atoms with E-state index in [4.69, 9.17) is 5.11 Å². The largest absolute Gasteiger partial charge is 0.481 e. The molecule has 1 unspecified atom stereocenters. The van der Waals surface area contributed by atoms with Crippen LogP contribution >= 0.6 is 0 Å². The number of benzene rings is 1. The third-order valence-corrected chi connectivity index (χ3v) is 5.71. The van der Waals surface area contributed by atoms with E-state index in [9.17, 15) is 9.59 Å². The molecule has 1 heterocycles. The van der Waals surface area contributed by atoms with E-state index >= 15 is 0 Å². The van der Waals surface area contributed by atoms with Crippen molar-refractivity contribution in [2.24, 2.45) is 11.3 Å². The van der Waals surface area contributed by atoms with Crippen molar-refractivity contribution in [2.45, 2.75) is 46.0 Å². The van der Waals surface area contributed by atoms with Crippen molar-refractivity contribution in [3.63, 3.8) is 0 Å². The molecule has 0 bridgehead atoms. The molecule has 1 saturated heterocycles. The number of likely N-dealkylation sites (tertiary alicyclic amines) is 1. The summed E-state index contributed by atoms with van der Waals surface area (Å²) >= 11 is 0. The molecule has 124 valence electrons. The molecule has 2 fully saturated rings. The average Bonchev–Trinajstić information content (AvgIpc) is 3.21. The molecule has 1 amide bonds. The molecule has 23 heavy (non-hydrogen) atoms. The zero-order valence-corrected chi connectivity index (χ0v) is 14.0. The summed E-state index contributed by atoms with van der Waals surface area (Å²) in [6, 6.07) is 6.37. The van der Waals surface area contributed by atoms with Crippen molar-refractivity contribution >= 4 is 11.9 Å². The summed E-state index contributed by atoms with van der Waals surface area (Å²) in [4.78, 5) is 25.4. The Balaban J connectivity index is 1.49. The number of piperidine rings is 1. The number of carboxylic acids is 1. The van der Waals surface area contributed by atoms with Gasteiger partial charge < -0.3 is 10.0 Å². The van der Waals surface area contributed by atoms with E-state index in [1.807, 2.05) is 4.90 Å². The first-order chi connectivity index (χ1) is 10.9. The maximum atomic E-state index is 12.4. The van der Waals surface area contributed by atoms with E-state index in [1.165, 1.54) is 16.7 Å². The molecule has 1 aliphatic carbocycles. The first-order valence-corrected chi connectivity index (χ1v) is 8.48. The number of nitrogens with zero attached hydrogens (tertiary/aromatic N) is 1. The average molecular weight is 315 g/mol. The number of aliphatic carboxylic acids is 1. The molecule has 4 nitrogen and oxygen atoms in total. The van der Waals surface area contributed by atoms with Gasteiger partial charge >= 0.3 is 5.97 Å². The quantitative estimate of drug-likeness (QED) is 0.929. The lowest BCUT2D eigenvalue weighted by molar-refractivity contribution is -0.139. The number of hydrogen-bond acceptors (Lipinski definition) is 2. The van der Waals surface area contributed by atoms with Crippen molar-refractivity contribution < 1.29 is 14.7 Å². The van der Waals surface area contributed by atoms with Gasteiger partial charge in [-0.05, 0) is 56.1 Å². The van der Waals surface area contributed by atoms with Crippen molar-refractivity contribution in [3.8, 4) is 0 Å². The first kappa shape index (κ1) is 16.0. The molecule has 1 atom stereocenters. The van der Waals surface area contributed by atoms with Gasteiger partial charge in [-0.2, -0.15) is 0 Å². The van der Waals surface area contributed by atoms with Crippen molar-refractivity contribution in [1.29, 1.82) is 0 Å². The van der Waals surface area contributed by atoms with E-state index in [0.29, 0.717) is 6.42 Å². The molecule has 2 aliphatic rings. The number of hydrogen-bond donors (Lipinski definition) is 1. The molecule has 1 aromatic carbocycles. The predicted molar refractivity (Wildman–Crippen MR) is 88.2 cm³/mol. The summed E-state index contributed by atoms with van der Waals surface area (Å²) in [7, 11) is 0. The summed E-state index contributed by atoms with van der Waals surface area (Å²) in [6.45, 7) is 5.61. The van der Waals surface area contributed by atoms with Crippen LogP contribution in [0.25, 0.3) is 0 Å². The Hall–Kier alpha value is -1.84. The Labute approximate surface area is 137 Å². The zero-order chi connectivity index (χ0) is 16.6. The van der Waals surface area contributed by atoms with Gasteiger partial charge in [-0.1, -0.05) is 23.8 Å². The van der Waals surface area contributed by atoms with Gasteiger partial charge in [-0.3, -0.25) is 9.59 Å². The van der Waals surface area contributed by atoms with E-state index in [-0.39, 0.29) is 17.2 Å². The standard InChI is InChI=1S/C19H25NO3/c1-13-3-4-15(14(2)11-13)5-6-17(21)20-9-7-19(8-10-20)12-16(19)18(22)23/h3-4,11,16H,5-10,12H2,1-2H3,(H,22,23). The molecule has 0 radical (unpaired) electrons. The van der Waals surface area contributed by atoms with Gasteiger partial charge in [0, 0.05) is 19.5 Å². The molecule has 1 spiro atoms. The smallest absolute Gasteiger partial charge is 0.307 e. The number of rotatable bonds is 4. The van der Waals surface area contributed by atoms with Gasteiger partial charge in [0.1, 0.15) is 0 Å². The number of carbonyl (C=O) groups excluding carboxylic acids is 1. The fourth-order valence-corrected chi connectivity index (χ4v) is 3.98. The number of aryl methyl sites for hydroxylation is 3. The molecule has 0 aromatic heterocycles. The lowest BCUT2D eigenvalue weighted by Gasteiger charge is -2.32. The van der Waals surface area contributed by atoms with Crippen LogP contribution in [0.1, 0.15) is 42.4 Å². The maximum Gasteiger partial charge on any atom is 0.307 e. The second kappa shape index (κ2) is 5.99. The van der Waals surface area contributed by atoms with Crippen LogP contribution in [-0.2, 0) is 16.0 Å². The predicted octanol–water partition coefficient (Wildman–Crippen LogP) is 2.95. The molecule has 3 rings (SSSR count). The van der Waals surface area contributed by atoms with Gasteiger partial charge in [-0.25, -0.2) is 0 Å². The second-order valence-electron chi connectivity index (χ2n) is 7.27. The lowest BCUT2D eigenvalue weighted by atomic mass is 9.90. The highest BCUT2D eigenvalue weighted by Gasteiger charge is 2.59. The van der Waals surface area contributed by atoms with E-state index in [2.05, 4.69) is 32.0 Å². The summed E-state index contributed by atoms with van der Waals surface area (Å²) in [6.07, 6.45) is 3.81. The monoisotopic (exact) mass is 315 g/mol. The maximum absolute atomic E-state index is 12.4. The molecule has 1 aliphatic heterocycles. The minimum Gasteiger partial charge on any atom is -0.481 e. The third-order valence-electron chi connectivity index (χ3n) is 5.71. The Kier molecular flexibility index (Phi) is 4.17. The van der Waals surface area contributed by atoms with Crippen molar-refractivity contribution in [3.05, 3.63) is 34.9 Å². The third kappa shape index (κ3) is 3.26. The summed E-state index contributed by atoms with van der Waals surface area (Å²) in [5.41, 5.74) is 3.73. The Morgan fingerprint density at radius 1 is 1.26 bits per heavy atom. The highest BCUT2D eigenvalue weighted by molar-refractivity contribution is 5.77. The van der Waals surface area contributed by atoms with E-state index in [0.717, 1.165) is 38.8 Å². The van der Waals surface area contributed by atoms with Gasteiger partial charge in [0.25, 0.3) is 0 Å². The van der Waals surface area contributed by atoms with Crippen molar-refractivity contribution in [2.75, 3.05) is 13.1 Å². The molecular weight excluding hydrogens is 290 g/mol.